The molecule has 0 aliphatic carbocycles. The summed E-state index contributed by atoms with van der Waals surface area (Å²) in [6, 6.07) is 16.2. The minimum Gasteiger partial charge on any atom is -0.393 e. The van der Waals surface area contributed by atoms with Crippen molar-refractivity contribution in [2.24, 2.45) is 0 Å². The number of alkyl halides is 3. The van der Waals surface area contributed by atoms with Crippen LogP contribution < -0.4 is 0 Å². The Hall–Kier alpha value is -3.45. The Labute approximate surface area is 171 Å². The van der Waals surface area contributed by atoms with Crippen molar-refractivity contribution < 1.29 is 18.3 Å². The van der Waals surface area contributed by atoms with E-state index in [1.807, 2.05) is 36.4 Å². The summed E-state index contributed by atoms with van der Waals surface area (Å²) in [6.07, 6.45) is 3.78. The highest BCUT2D eigenvalue weighted by Gasteiger charge is 2.37. The van der Waals surface area contributed by atoms with Crippen LogP contribution in [0.5, 0.6) is 0 Å². The Morgan fingerprint density at radius 1 is 0.700 bits per heavy atom. The number of aliphatic hydroxyl groups is 1. The van der Waals surface area contributed by atoms with Gasteiger partial charge >= 0.3 is 6.18 Å². The van der Waals surface area contributed by atoms with Crippen LogP contribution in [0, 0.1) is 0 Å². The second-order valence-electron chi connectivity index (χ2n) is 6.88. The molecule has 1 N–H and O–H groups in total. The molecule has 0 saturated heterocycles. The summed E-state index contributed by atoms with van der Waals surface area (Å²) in [6.45, 7) is -0.358. The van der Waals surface area contributed by atoms with Gasteiger partial charge in [-0.05, 0) is 46.5 Å². The zero-order valence-electron chi connectivity index (χ0n) is 15.8. The van der Waals surface area contributed by atoms with Gasteiger partial charge in [0.15, 0.2) is 0 Å². The molecule has 0 aliphatic rings. The lowest BCUT2D eigenvalue weighted by atomic mass is 9.82. The maximum absolute atomic E-state index is 13.0. The molecule has 0 radical (unpaired) electrons. The fraction of sp³-hybridized carbons (Fsp3) is 0.130. The lowest BCUT2D eigenvalue weighted by Crippen LogP contribution is -2.39. The van der Waals surface area contributed by atoms with Crippen LogP contribution >= 0.6 is 0 Å². The average molecular weight is 409 g/mol. The number of imidazole rings is 1. The van der Waals surface area contributed by atoms with Gasteiger partial charge in [-0.25, -0.2) is 4.98 Å². The standard InChI is InChI=1S/C23H18F3N3O/c24-23(25,26)21-7-5-20(6-8-21)22(15-30,29-14-13-28-16-29)19-3-1-17(2-4-19)18-9-11-27-12-10-18/h1-14,16,30H,15H2. The molecule has 2 heterocycles. The Kier molecular flexibility index (Phi) is 5.13. The first-order valence-corrected chi connectivity index (χ1v) is 9.23. The molecule has 2 aromatic carbocycles. The van der Waals surface area contributed by atoms with Crippen molar-refractivity contribution in [1.29, 1.82) is 0 Å². The highest BCUT2D eigenvalue weighted by molar-refractivity contribution is 5.63. The van der Waals surface area contributed by atoms with E-state index >= 15 is 0 Å². The van der Waals surface area contributed by atoms with Gasteiger partial charge < -0.3 is 9.67 Å². The predicted octanol–water partition coefficient (Wildman–Crippen LogP) is 4.75. The number of hydrogen-bond acceptors (Lipinski definition) is 3. The lowest BCUT2D eigenvalue weighted by Gasteiger charge is -2.35. The van der Waals surface area contributed by atoms with Crippen LogP contribution in [0.25, 0.3) is 11.1 Å². The minimum atomic E-state index is -4.43. The Morgan fingerprint density at radius 3 is 1.73 bits per heavy atom. The molecule has 0 spiro atoms. The van der Waals surface area contributed by atoms with Crippen molar-refractivity contribution >= 4 is 0 Å². The van der Waals surface area contributed by atoms with Crippen molar-refractivity contribution in [3.8, 4) is 11.1 Å². The number of hydrogen-bond donors (Lipinski definition) is 1. The summed E-state index contributed by atoms with van der Waals surface area (Å²) in [5, 5.41) is 10.5. The number of benzene rings is 2. The molecule has 4 aromatic rings. The van der Waals surface area contributed by atoms with Crippen molar-refractivity contribution in [2.75, 3.05) is 6.61 Å². The third-order valence-electron chi connectivity index (χ3n) is 5.24. The number of aromatic nitrogens is 3. The molecule has 7 heteroatoms. The van der Waals surface area contributed by atoms with Gasteiger partial charge in [0.25, 0.3) is 0 Å². The summed E-state index contributed by atoms with van der Waals surface area (Å²) in [5.74, 6) is 0. The Bertz CT molecular complexity index is 1090. The van der Waals surface area contributed by atoms with Crippen LogP contribution in [0.1, 0.15) is 16.7 Å². The van der Waals surface area contributed by atoms with E-state index in [-0.39, 0.29) is 6.61 Å². The molecule has 2 aromatic heterocycles. The fourth-order valence-corrected chi connectivity index (χ4v) is 3.63. The highest BCUT2D eigenvalue weighted by atomic mass is 19.4. The number of halogens is 3. The van der Waals surface area contributed by atoms with Gasteiger partial charge in [-0.15, -0.1) is 0 Å². The first kappa shape index (κ1) is 19.8. The van der Waals surface area contributed by atoms with Crippen LogP contribution in [0.4, 0.5) is 13.2 Å². The average Bonchev–Trinajstić information content (AvgIpc) is 3.31. The zero-order chi connectivity index (χ0) is 21.2. The van der Waals surface area contributed by atoms with Crippen molar-refractivity contribution in [1.82, 2.24) is 14.5 Å². The van der Waals surface area contributed by atoms with Crippen molar-refractivity contribution in [3.63, 3.8) is 0 Å². The molecule has 1 atom stereocenters. The number of pyridine rings is 1. The van der Waals surface area contributed by atoms with E-state index < -0.39 is 17.3 Å². The van der Waals surface area contributed by atoms with E-state index in [0.717, 1.165) is 28.8 Å². The van der Waals surface area contributed by atoms with Gasteiger partial charge in [-0.3, -0.25) is 4.98 Å². The monoisotopic (exact) mass is 409 g/mol. The predicted molar refractivity (Wildman–Crippen MR) is 107 cm³/mol. The molecule has 152 valence electrons. The van der Waals surface area contributed by atoms with Crippen LogP contribution in [-0.4, -0.2) is 26.2 Å². The SMILES string of the molecule is OCC(c1ccc(-c2ccncc2)cc1)(c1ccc(C(F)(F)F)cc1)n1ccnc1. The summed E-state index contributed by atoms with van der Waals surface area (Å²) >= 11 is 0. The van der Waals surface area contributed by atoms with E-state index in [4.69, 9.17) is 0 Å². The molecule has 4 nitrogen and oxygen atoms in total. The molecule has 0 fully saturated rings. The van der Waals surface area contributed by atoms with Gasteiger partial charge in [0.1, 0.15) is 5.54 Å². The second-order valence-corrected chi connectivity index (χ2v) is 6.88. The summed E-state index contributed by atoms with van der Waals surface area (Å²) in [5.41, 5.74) is 1.34. The van der Waals surface area contributed by atoms with Gasteiger partial charge in [-0.2, -0.15) is 13.2 Å². The van der Waals surface area contributed by atoms with E-state index in [1.165, 1.54) is 12.1 Å². The summed E-state index contributed by atoms with van der Waals surface area (Å²) in [4.78, 5) is 8.09. The number of nitrogens with zero attached hydrogens (tertiary/aromatic N) is 3. The largest absolute Gasteiger partial charge is 0.416 e. The molecule has 30 heavy (non-hydrogen) atoms. The molecule has 0 bridgehead atoms. The van der Waals surface area contributed by atoms with Crippen LogP contribution in [0.15, 0.2) is 91.8 Å². The van der Waals surface area contributed by atoms with Gasteiger partial charge in [0, 0.05) is 24.8 Å². The van der Waals surface area contributed by atoms with E-state index in [2.05, 4.69) is 9.97 Å². The van der Waals surface area contributed by atoms with Crippen LogP contribution in [0.2, 0.25) is 0 Å². The molecular weight excluding hydrogens is 391 g/mol. The van der Waals surface area contributed by atoms with Crippen molar-refractivity contribution in [2.45, 2.75) is 11.7 Å². The topological polar surface area (TPSA) is 50.9 Å². The fourth-order valence-electron chi connectivity index (χ4n) is 3.63. The molecule has 1 unspecified atom stereocenters. The quantitative estimate of drug-likeness (QED) is 0.518. The first-order chi connectivity index (χ1) is 14.4. The van der Waals surface area contributed by atoms with Crippen LogP contribution in [0.3, 0.4) is 0 Å². The molecule has 4 rings (SSSR count). The van der Waals surface area contributed by atoms with E-state index in [0.29, 0.717) is 5.56 Å². The molecular formula is C23H18F3N3O. The van der Waals surface area contributed by atoms with Gasteiger partial charge in [0.2, 0.25) is 0 Å². The second kappa shape index (κ2) is 7.76. The third kappa shape index (κ3) is 3.48. The van der Waals surface area contributed by atoms with Crippen LogP contribution in [-0.2, 0) is 11.7 Å². The Morgan fingerprint density at radius 2 is 1.23 bits per heavy atom. The van der Waals surface area contributed by atoms with Crippen molar-refractivity contribution in [3.05, 3.63) is 108 Å². The third-order valence-corrected chi connectivity index (χ3v) is 5.24. The zero-order valence-corrected chi connectivity index (χ0v) is 15.8. The van der Waals surface area contributed by atoms with E-state index in [9.17, 15) is 18.3 Å². The number of rotatable bonds is 5. The Balaban J connectivity index is 1.83. The number of aliphatic hydroxyl groups excluding tert-OH is 1. The highest BCUT2D eigenvalue weighted by Crippen LogP contribution is 2.37. The normalized spacial score (nSPS) is 13.7. The van der Waals surface area contributed by atoms with Gasteiger partial charge in [0.05, 0.1) is 18.5 Å². The maximum Gasteiger partial charge on any atom is 0.416 e. The molecule has 0 saturated carbocycles. The minimum absolute atomic E-state index is 0.358. The van der Waals surface area contributed by atoms with E-state index in [1.54, 1.807) is 35.7 Å². The molecule has 0 aliphatic heterocycles. The molecule has 0 amide bonds. The van der Waals surface area contributed by atoms with Gasteiger partial charge in [-0.1, -0.05) is 36.4 Å². The first-order valence-electron chi connectivity index (χ1n) is 9.23. The lowest BCUT2D eigenvalue weighted by molar-refractivity contribution is -0.137. The maximum atomic E-state index is 13.0. The smallest absolute Gasteiger partial charge is 0.393 e. The summed E-state index contributed by atoms with van der Waals surface area (Å²) < 4.78 is 40.8. The summed E-state index contributed by atoms with van der Waals surface area (Å²) in [7, 11) is 0.